The van der Waals surface area contributed by atoms with Crippen molar-refractivity contribution in [1.29, 1.82) is 0 Å². The number of hydrogen-bond donors (Lipinski definition) is 1. The molecular weight excluding hydrogens is 244 g/mol. The lowest BCUT2D eigenvalue weighted by atomic mass is 9.97. The molecule has 0 amide bonds. The maximum atomic E-state index is 12.1. The Morgan fingerprint density at radius 3 is 2.89 bits per heavy atom. The van der Waals surface area contributed by atoms with E-state index in [2.05, 4.69) is 11.9 Å². The highest BCUT2D eigenvalue weighted by Crippen LogP contribution is 2.36. The molecule has 2 bridgehead atoms. The fraction of sp³-hybridized carbons (Fsp3) is 0.643. The molecule has 1 aromatic rings. The van der Waals surface area contributed by atoms with E-state index in [0.717, 1.165) is 12.8 Å². The van der Waals surface area contributed by atoms with Crippen LogP contribution < -0.4 is 0 Å². The van der Waals surface area contributed by atoms with Crippen LogP contribution in [0.25, 0.3) is 0 Å². The van der Waals surface area contributed by atoms with Crippen LogP contribution in [0.4, 0.5) is 0 Å². The van der Waals surface area contributed by atoms with Crippen molar-refractivity contribution >= 4 is 5.97 Å². The number of likely N-dealkylation sites (N-methyl/N-ethyl adjacent to an activating group) is 1. The zero-order valence-electron chi connectivity index (χ0n) is 11.3. The zero-order valence-corrected chi connectivity index (χ0v) is 11.3. The number of rotatable bonds is 2. The number of carbonyl (C=O) groups excluding carboxylic acids is 1. The molecule has 2 aliphatic heterocycles. The van der Waals surface area contributed by atoms with Gasteiger partial charge in [-0.15, -0.1) is 0 Å². The molecule has 104 valence electrons. The molecule has 2 saturated heterocycles. The van der Waals surface area contributed by atoms with Crippen LogP contribution in [0, 0.1) is 0 Å². The van der Waals surface area contributed by atoms with Crippen molar-refractivity contribution in [3.05, 3.63) is 24.0 Å². The smallest absolute Gasteiger partial charge is 0.355 e. The molecular formula is C14H20N2O3. The first-order chi connectivity index (χ1) is 9.08. The molecule has 0 aliphatic carbocycles. The number of piperidine rings is 1. The van der Waals surface area contributed by atoms with Gasteiger partial charge in [0.15, 0.2) is 0 Å². The Morgan fingerprint density at radius 1 is 1.42 bits per heavy atom. The van der Waals surface area contributed by atoms with Crippen molar-refractivity contribution in [3.8, 4) is 0 Å². The van der Waals surface area contributed by atoms with Gasteiger partial charge in [0.2, 0.25) is 0 Å². The molecule has 5 heteroatoms. The summed E-state index contributed by atoms with van der Waals surface area (Å²) in [4.78, 5) is 14.4. The first kappa shape index (κ1) is 12.7. The largest absolute Gasteiger partial charge is 0.453 e. The van der Waals surface area contributed by atoms with Gasteiger partial charge in [-0.1, -0.05) is 0 Å². The number of ether oxygens (including phenoxy) is 1. The number of carbonyl (C=O) groups is 1. The molecule has 19 heavy (non-hydrogen) atoms. The van der Waals surface area contributed by atoms with Crippen LogP contribution in [0.15, 0.2) is 18.3 Å². The van der Waals surface area contributed by atoms with E-state index in [4.69, 9.17) is 4.74 Å². The molecule has 2 aliphatic rings. The molecule has 1 aromatic heterocycles. The second kappa shape index (κ2) is 4.65. The summed E-state index contributed by atoms with van der Waals surface area (Å²) in [6.45, 7) is 0. The van der Waals surface area contributed by atoms with Crippen molar-refractivity contribution in [1.82, 2.24) is 9.47 Å². The van der Waals surface area contributed by atoms with E-state index in [1.54, 1.807) is 10.6 Å². The average molecular weight is 264 g/mol. The number of hydrogen-bond acceptors (Lipinski definition) is 4. The second-order valence-electron chi connectivity index (χ2n) is 5.64. The molecule has 3 heterocycles. The van der Waals surface area contributed by atoms with E-state index in [-0.39, 0.29) is 12.0 Å². The van der Waals surface area contributed by atoms with Crippen molar-refractivity contribution in [2.75, 3.05) is 7.05 Å². The minimum atomic E-state index is -0.544. The number of fused-ring (bicyclic) bond motifs is 2. The highest BCUT2D eigenvalue weighted by Gasteiger charge is 2.47. The Morgan fingerprint density at radius 2 is 2.21 bits per heavy atom. The van der Waals surface area contributed by atoms with Crippen LogP contribution in [0.2, 0.25) is 0 Å². The molecule has 0 saturated carbocycles. The number of aliphatic hydroxyl groups excluding tert-OH is 1. The summed E-state index contributed by atoms with van der Waals surface area (Å²) in [6.07, 6.45) is 3.62. The summed E-state index contributed by atoms with van der Waals surface area (Å²) in [5, 5.41) is 10.2. The highest BCUT2D eigenvalue weighted by molar-refractivity contribution is 5.87. The Labute approximate surface area is 112 Å². The van der Waals surface area contributed by atoms with Gasteiger partial charge in [-0.2, -0.15) is 0 Å². The molecule has 0 radical (unpaired) electrons. The molecule has 0 aromatic carbocycles. The quantitative estimate of drug-likeness (QED) is 0.802. The van der Waals surface area contributed by atoms with E-state index >= 15 is 0 Å². The highest BCUT2D eigenvalue weighted by atomic mass is 16.6. The third kappa shape index (κ3) is 2.07. The first-order valence-electron chi connectivity index (χ1n) is 6.80. The number of aryl methyl sites for hydroxylation is 1. The summed E-state index contributed by atoms with van der Waals surface area (Å²) in [5.74, 6) is -0.352. The molecule has 4 atom stereocenters. The van der Waals surface area contributed by atoms with Crippen LogP contribution in [-0.2, 0) is 11.8 Å². The van der Waals surface area contributed by atoms with Gasteiger partial charge in [-0.25, -0.2) is 4.79 Å². The normalized spacial score (nSPS) is 34.5. The minimum Gasteiger partial charge on any atom is -0.453 e. The predicted molar refractivity (Wildman–Crippen MR) is 69.8 cm³/mol. The van der Waals surface area contributed by atoms with Crippen LogP contribution in [-0.4, -0.2) is 51.9 Å². The maximum Gasteiger partial charge on any atom is 0.355 e. The van der Waals surface area contributed by atoms with E-state index in [9.17, 15) is 9.90 Å². The minimum absolute atomic E-state index is 0.151. The summed E-state index contributed by atoms with van der Waals surface area (Å²) < 4.78 is 7.31. The van der Waals surface area contributed by atoms with E-state index in [1.807, 2.05) is 19.3 Å². The van der Waals surface area contributed by atoms with Gasteiger partial charge in [0.25, 0.3) is 0 Å². The SMILES string of the molecule is CN1[C@@H]2CC[C@H]1[C@@H](OC(=O)c1cccn1C)[C@H](O)C2. The lowest BCUT2D eigenvalue weighted by molar-refractivity contribution is -0.0803. The lowest BCUT2D eigenvalue weighted by Gasteiger charge is -2.39. The third-order valence-corrected chi connectivity index (χ3v) is 4.56. The maximum absolute atomic E-state index is 12.1. The summed E-state index contributed by atoms with van der Waals surface area (Å²) >= 11 is 0. The van der Waals surface area contributed by atoms with Gasteiger partial charge < -0.3 is 14.4 Å². The monoisotopic (exact) mass is 264 g/mol. The summed E-state index contributed by atoms with van der Waals surface area (Å²) in [6, 6.07) is 4.13. The molecule has 1 N–H and O–H groups in total. The standard InChI is InChI=1S/C14H20N2O3/c1-15-7-3-4-11(15)14(18)19-13-10-6-5-9(16(10)2)8-12(13)17/h3-4,7,9-10,12-13,17H,5-6,8H2,1-2H3/t9-,10+,12-,13-/m1/s1. The lowest BCUT2D eigenvalue weighted by Crippen LogP contribution is -2.54. The molecule has 0 unspecified atom stereocenters. The van der Waals surface area contributed by atoms with Crippen LogP contribution in [0.3, 0.4) is 0 Å². The number of aliphatic hydroxyl groups is 1. The Balaban J connectivity index is 1.75. The fourth-order valence-electron chi connectivity index (χ4n) is 3.40. The molecule has 3 rings (SSSR count). The average Bonchev–Trinajstić information content (AvgIpc) is 2.89. The zero-order chi connectivity index (χ0) is 13.6. The van der Waals surface area contributed by atoms with Gasteiger partial charge >= 0.3 is 5.97 Å². The number of esters is 1. The van der Waals surface area contributed by atoms with E-state index < -0.39 is 12.2 Å². The number of aromatic nitrogens is 1. The first-order valence-corrected chi connectivity index (χ1v) is 6.80. The topological polar surface area (TPSA) is 54.7 Å². The molecule has 0 spiro atoms. The van der Waals surface area contributed by atoms with Crippen molar-refractivity contribution in [2.45, 2.75) is 43.6 Å². The second-order valence-corrected chi connectivity index (χ2v) is 5.64. The van der Waals surface area contributed by atoms with Crippen LogP contribution in [0.1, 0.15) is 29.8 Å². The Kier molecular flexibility index (Phi) is 3.11. The van der Waals surface area contributed by atoms with Gasteiger partial charge in [0.1, 0.15) is 11.8 Å². The molecule has 2 fully saturated rings. The summed E-state index contributed by atoms with van der Waals surface area (Å²) in [7, 11) is 3.86. The van der Waals surface area contributed by atoms with Crippen molar-refractivity contribution < 1.29 is 14.6 Å². The third-order valence-electron chi connectivity index (χ3n) is 4.56. The fourth-order valence-corrected chi connectivity index (χ4v) is 3.40. The van der Waals surface area contributed by atoms with Crippen molar-refractivity contribution in [2.24, 2.45) is 7.05 Å². The summed E-state index contributed by atoms with van der Waals surface area (Å²) in [5.41, 5.74) is 0.523. The van der Waals surface area contributed by atoms with Gasteiger partial charge in [-0.05, 0) is 38.4 Å². The van der Waals surface area contributed by atoms with E-state index in [1.165, 1.54) is 0 Å². The number of nitrogens with zero attached hydrogens (tertiary/aromatic N) is 2. The van der Waals surface area contributed by atoms with Crippen LogP contribution in [0.5, 0.6) is 0 Å². The van der Waals surface area contributed by atoms with Gasteiger partial charge in [0, 0.05) is 25.3 Å². The van der Waals surface area contributed by atoms with Crippen molar-refractivity contribution in [3.63, 3.8) is 0 Å². The Hall–Kier alpha value is -1.33. The van der Waals surface area contributed by atoms with Crippen LogP contribution >= 0.6 is 0 Å². The van der Waals surface area contributed by atoms with E-state index in [0.29, 0.717) is 18.2 Å². The predicted octanol–water partition coefficient (Wildman–Crippen LogP) is 0.778. The molecule has 5 nitrogen and oxygen atoms in total. The van der Waals surface area contributed by atoms with Gasteiger partial charge in [-0.3, -0.25) is 4.90 Å². The van der Waals surface area contributed by atoms with Gasteiger partial charge in [0.05, 0.1) is 6.10 Å². The Bertz CT molecular complexity index is 485.